The molecule has 0 amide bonds. The molecular formula is C73H128NO8P. The lowest BCUT2D eigenvalue weighted by Gasteiger charge is -2.19. The molecule has 10 heteroatoms. The van der Waals surface area contributed by atoms with Crippen molar-refractivity contribution >= 4 is 19.8 Å². The number of hydrogen-bond donors (Lipinski definition) is 2. The molecular weight excluding hydrogens is 1050 g/mol. The summed E-state index contributed by atoms with van der Waals surface area (Å²) in [5, 5.41) is 0. The molecule has 0 aliphatic rings. The van der Waals surface area contributed by atoms with Crippen molar-refractivity contribution in [2.24, 2.45) is 5.73 Å². The van der Waals surface area contributed by atoms with Crippen molar-refractivity contribution in [2.75, 3.05) is 26.4 Å². The van der Waals surface area contributed by atoms with Gasteiger partial charge in [-0.3, -0.25) is 18.6 Å². The lowest BCUT2D eigenvalue weighted by molar-refractivity contribution is -0.161. The number of hydrogen-bond acceptors (Lipinski definition) is 8. The van der Waals surface area contributed by atoms with Crippen molar-refractivity contribution < 1.29 is 37.6 Å². The summed E-state index contributed by atoms with van der Waals surface area (Å²) < 4.78 is 33.2. The molecule has 83 heavy (non-hydrogen) atoms. The lowest BCUT2D eigenvalue weighted by Crippen LogP contribution is -2.29. The van der Waals surface area contributed by atoms with E-state index in [0.717, 1.165) is 96.3 Å². The maximum Gasteiger partial charge on any atom is 0.472 e. The summed E-state index contributed by atoms with van der Waals surface area (Å²) >= 11 is 0. The predicted octanol–water partition coefficient (Wildman–Crippen LogP) is 22.5. The van der Waals surface area contributed by atoms with Crippen molar-refractivity contribution in [3.8, 4) is 0 Å². The van der Waals surface area contributed by atoms with Crippen LogP contribution in [0.3, 0.4) is 0 Å². The number of carbonyl (C=O) groups excluding carboxylic acids is 2. The Labute approximate surface area is 511 Å². The third kappa shape index (κ3) is 67.7. The molecule has 0 aromatic rings. The molecule has 2 atom stereocenters. The van der Waals surface area contributed by atoms with Gasteiger partial charge in [0.1, 0.15) is 6.61 Å². The molecule has 0 aliphatic carbocycles. The number of unbranched alkanes of at least 4 members (excludes halogenated alkanes) is 33. The van der Waals surface area contributed by atoms with Gasteiger partial charge in [0, 0.05) is 19.4 Å². The van der Waals surface area contributed by atoms with E-state index >= 15 is 0 Å². The van der Waals surface area contributed by atoms with E-state index in [0.29, 0.717) is 6.42 Å². The van der Waals surface area contributed by atoms with Gasteiger partial charge in [-0.25, -0.2) is 4.57 Å². The Balaban J connectivity index is 3.87. The fraction of sp³-hybridized carbons (Fsp3) is 0.726. The van der Waals surface area contributed by atoms with Crippen LogP contribution in [0.25, 0.3) is 0 Å². The molecule has 0 saturated heterocycles. The lowest BCUT2D eigenvalue weighted by atomic mass is 10.0. The fourth-order valence-corrected chi connectivity index (χ4v) is 10.4. The van der Waals surface area contributed by atoms with Gasteiger partial charge in [-0.1, -0.05) is 309 Å². The molecule has 0 fully saturated rings. The number of phosphoric acid groups is 1. The highest BCUT2D eigenvalue weighted by molar-refractivity contribution is 7.47. The van der Waals surface area contributed by atoms with Crippen LogP contribution in [0.5, 0.6) is 0 Å². The molecule has 0 aromatic carbocycles. The Morgan fingerprint density at radius 1 is 0.361 bits per heavy atom. The van der Waals surface area contributed by atoms with E-state index in [-0.39, 0.29) is 38.6 Å². The van der Waals surface area contributed by atoms with E-state index in [9.17, 15) is 19.0 Å². The highest BCUT2D eigenvalue weighted by Gasteiger charge is 2.26. The zero-order valence-corrected chi connectivity index (χ0v) is 54.5. The molecule has 0 aliphatic heterocycles. The van der Waals surface area contributed by atoms with E-state index in [1.54, 1.807) is 0 Å². The third-order valence-electron chi connectivity index (χ3n) is 14.7. The molecule has 2 unspecified atom stereocenters. The maximum atomic E-state index is 12.8. The average molecular weight is 1180 g/mol. The van der Waals surface area contributed by atoms with Gasteiger partial charge in [0.25, 0.3) is 0 Å². The van der Waals surface area contributed by atoms with Gasteiger partial charge in [0.2, 0.25) is 0 Å². The topological polar surface area (TPSA) is 134 Å². The first kappa shape index (κ1) is 79.7. The fourth-order valence-electron chi connectivity index (χ4n) is 9.66. The van der Waals surface area contributed by atoms with Crippen molar-refractivity contribution in [3.05, 3.63) is 109 Å². The molecule has 0 rings (SSSR count). The highest BCUT2D eigenvalue weighted by Crippen LogP contribution is 2.43. The summed E-state index contributed by atoms with van der Waals surface area (Å²) in [5.41, 5.74) is 5.40. The minimum absolute atomic E-state index is 0.0511. The van der Waals surface area contributed by atoms with E-state index in [1.165, 1.54) is 180 Å². The van der Waals surface area contributed by atoms with E-state index < -0.39 is 26.5 Å². The van der Waals surface area contributed by atoms with Crippen molar-refractivity contribution in [3.63, 3.8) is 0 Å². The second kappa shape index (κ2) is 67.8. The number of allylic oxidation sites excluding steroid dienone is 18. The van der Waals surface area contributed by atoms with Crippen molar-refractivity contribution in [2.45, 2.75) is 315 Å². The summed E-state index contributed by atoms with van der Waals surface area (Å²) in [4.78, 5) is 35.4. The van der Waals surface area contributed by atoms with Gasteiger partial charge in [-0.05, 0) is 96.3 Å². The number of phosphoric ester groups is 1. The quantitative estimate of drug-likeness (QED) is 0.0264. The summed E-state index contributed by atoms with van der Waals surface area (Å²) in [6, 6.07) is 0. The molecule has 0 heterocycles. The molecule has 0 spiro atoms. The van der Waals surface area contributed by atoms with Gasteiger partial charge in [0.05, 0.1) is 13.2 Å². The van der Waals surface area contributed by atoms with Gasteiger partial charge < -0.3 is 20.1 Å². The number of esters is 2. The Morgan fingerprint density at radius 2 is 0.627 bits per heavy atom. The SMILES string of the molecule is CC/C=C\C/C=C\C/C=C\C/C=C\C/C=C\CCCCCCCCCCCCCCCCCC(=O)OC(COC(=O)CCCCCCCCCCCCCCCCCCCC/C=C\C/C=C\C/C=C\C/C=C\CC)COP(=O)(O)OCCN. The summed E-state index contributed by atoms with van der Waals surface area (Å²) in [7, 11) is -4.40. The van der Waals surface area contributed by atoms with Gasteiger partial charge in [-0.15, -0.1) is 0 Å². The molecule has 3 N–H and O–H groups in total. The predicted molar refractivity (Wildman–Crippen MR) is 358 cm³/mol. The van der Waals surface area contributed by atoms with Crippen LogP contribution in [0.1, 0.15) is 309 Å². The zero-order chi connectivity index (χ0) is 60.1. The van der Waals surface area contributed by atoms with E-state index in [4.69, 9.17) is 24.3 Å². The van der Waals surface area contributed by atoms with Crippen molar-refractivity contribution in [1.29, 1.82) is 0 Å². The van der Waals surface area contributed by atoms with Crippen LogP contribution in [-0.2, 0) is 32.7 Å². The number of nitrogens with two attached hydrogens (primary N) is 1. The number of rotatable bonds is 64. The second-order valence-electron chi connectivity index (χ2n) is 22.6. The standard InChI is InChI=1S/C73H128NO8P/c1-3-5-7-9-11-13-15-17-19-21-23-25-27-29-31-33-35-37-39-41-43-45-47-49-51-53-55-57-59-61-63-65-72(75)79-69-71(70-81-83(77,78)80-68-67-74)82-73(76)66-64-62-60-58-56-54-52-50-48-46-44-42-40-38-36-34-32-30-28-26-24-22-20-18-16-14-12-10-8-6-4-2/h5-8,11-14,17-20,23-26,30,32,71H,3-4,9-10,15-16,21-22,27-29,31,33-70,74H2,1-2H3,(H,77,78)/b7-5-,8-6-,13-11-,14-12-,19-17-,20-18-,25-23-,26-24-,32-30-. The molecule has 0 saturated carbocycles. The molecule has 0 bridgehead atoms. The Hall–Kier alpha value is -3.33. The Morgan fingerprint density at radius 3 is 0.928 bits per heavy atom. The zero-order valence-electron chi connectivity index (χ0n) is 53.7. The Kier molecular flexibility index (Phi) is 65.1. The first-order valence-corrected chi connectivity index (χ1v) is 35.9. The maximum absolute atomic E-state index is 12.8. The monoisotopic (exact) mass is 1180 g/mol. The summed E-state index contributed by atoms with van der Waals surface area (Å²) in [5.74, 6) is -0.819. The first-order chi connectivity index (χ1) is 40.8. The second-order valence-corrected chi connectivity index (χ2v) is 24.1. The van der Waals surface area contributed by atoms with Crippen LogP contribution < -0.4 is 5.73 Å². The van der Waals surface area contributed by atoms with E-state index in [1.807, 2.05) is 0 Å². The first-order valence-electron chi connectivity index (χ1n) is 34.4. The van der Waals surface area contributed by atoms with Crippen LogP contribution >= 0.6 is 7.82 Å². The van der Waals surface area contributed by atoms with Crippen LogP contribution in [0, 0.1) is 0 Å². The van der Waals surface area contributed by atoms with Crippen LogP contribution in [0.15, 0.2) is 109 Å². The van der Waals surface area contributed by atoms with E-state index in [2.05, 4.69) is 123 Å². The molecule has 0 radical (unpaired) electrons. The average Bonchev–Trinajstić information content (AvgIpc) is 3.48. The minimum Gasteiger partial charge on any atom is -0.462 e. The van der Waals surface area contributed by atoms with Crippen molar-refractivity contribution in [1.82, 2.24) is 0 Å². The number of carbonyl (C=O) groups is 2. The number of ether oxygens (including phenoxy) is 2. The van der Waals surface area contributed by atoms with Gasteiger partial charge >= 0.3 is 19.8 Å². The van der Waals surface area contributed by atoms with Crippen LogP contribution in [0.2, 0.25) is 0 Å². The molecule has 478 valence electrons. The normalized spacial score (nSPS) is 13.6. The summed E-state index contributed by atoms with van der Waals surface area (Å²) in [6.07, 6.45) is 93.2. The van der Waals surface area contributed by atoms with Gasteiger partial charge in [-0.2, -0.15) is 0 Å². The molecule has 9 nitrogen and oxygen atoms in total. The molecule has 0 aromatic heterocycles. The smallest absolute Gasteiger partial charge is 0.462 e. The van der Waals surface area contributed by atoms with Gasteiger partial charge in [0.15, 0.2) is 6.10 Å². The largest absolute Gasteiger partial charge is 0.472 e. The summed E-state index contributed by atoms with van der Waals surface area (Å²) in [6.45, 7) is 3.55. The van der Waals surface area contributed by atoms with Crippen LogP contribution in [-0.4, -0.2) is 49.3 Å². The minimum atomic E-state index is -4.40. The highest BCUT2D eigenvalue weighted by atomic mass is 31.2. The van der Waals surface area contributed by atoms with Crippen LogP contribution in [0.4, 0.5) is 0 Å². The third-order valence-corrected chi connectivity index (χ3v) is 15.6. The Bertz CT molecular complexity index is 1730.